The molecule has 0 unspecified atom stereocenters. The molecule has 0 saturated heterocycles. The lowest BCUT2D eigenvalue weighted by atomic mass is 10.3. The van der Waals surface area contributed by atoms with Gasteiger partial charge in [0.15, 0.2) is 0 Å². The molecule has 2 aromatic carbocycles. The van der Waals surface area contributed by atoms with Crippen LogP contribution in [0.1, 0.15) is 6.42 Å². The molecule has 0 aliphatic rings. The number of carbonyl (C=O) groups excluding carboxylic acids is 1. The highest BCUT2D eigenvalue weighted by Gasteiger charge is 2.07. The Morgan fingerprint density at radius 3 is 2.83 bits per heavy atom. The van der Waals surface area contributed by atoms with E-state index < -0.39 is 0 Å². The van der Waals surface area contributed by atoms with Crippen LogP contribution in [0.15, 0.2) is 48.8 Å². The van der Waals surface area contributed by atoms with Gasteiger partial charge in [0.25, 0.3) is 0 Å². The summed E-state index contributed by atoms with van der Waals surface area (Å²) in [5.74, 6) is 0.397. The quantitative estimate of drug-likeness (QED) is 0.760. The van der Waals surface area contributed by atoms with Crippen LogP contribution in [0, 0.1) is 0 Å². The zero-order valence-corrected chi connectivity index (χ0v) is 13.5. The SMILES string of the molecule is O=C(CCOc1ccc(Cl)c(Cl)c1)Nn1cnc2ccccc21. The van der Waals surface area contributed by atoms with Crippen LogP contribution in [-0.4, -0.2) is 22.2 Å². The molecule has 3 rings (SSSR count). The lowest BCUT2D eigenvalue weighted by Crippen LogP contribution is -2.23. The second kappa shape index (κ2) is 6.89. The van der Waals surface area contributed by atoms with Gasteiger partial charge in [-0.2, -0.15) is 0 Å². The lowest BCUT2D eigenvalue weighted by Gasteiger charge is -2.09. The molecule has 3 aromatic rings. The maximum Gasteiger partial charge on any atom is 0.242 e. The molecule has 0 spiro atoms. The highest BCUT2D eigenvalue weighted by Crippen LogP contribution is 2.26. The van der Waals surface area contributed by atoms with Gasteiger partial charge >= 0.3 is 0 Å². The largest absolute Gasteiger partial charge is 0.493 e. The average molecular weight is 350 g/mol. The molecule has 0 aliphatic carbocycles. The molecule has 0 radical (unpaired) electrons. The van der Waals surface area contributed by atoms with Gasteiger partial charge in [0.05, 0.1) is 34.1 Å². The number of nitrogens with zero attached hydrogens (tertiary/aromatic N) is 2. The Bertz CT molecular complexity index is 848. The van der Waals surface area contributed by atoms with Crippen molar-refractivity contribution < 1.29 is 9.53 Å². The van der Waals surface area contributed by atoms with Crippen molar-refractivity contribution in [3.8, 4) is 5.75 Å². The number of hydrogen-bond donors (Lipinski definition) is 1. The summed E-state index contributed by atoms with van der Waals surface area (Å²) in [4.78, 5) is 16.2. The summed E-state index contributed by atoms with van der Waals surface area (Å²) < 4.78 is 7.08. The minimum atomic E-state index is -0.173. The fourth-order valence-corrected chi connectivity index (χ4v) is 2.35. The van der Waals surface area contributed by atoms with E-state index in [0.29, 0.717) is 15.8 Å². The molecule has 23 heavy (non-hydrogen) atoms. The minimum Gasteiger partial charge on any atom is -0.493 e. The van der Waals surface area contributed by atoms with E-state index >= 15 is 0 Å². The third-order valence-electron chi connectivity index (χ3n) is 3.19. The van der Waals surface area contributed by atoms with Crippen molar-refractivity contribution in [3.63, 3.8) is 0 Å². The van der Waals surface area contributed by atoms with Gasteiger partial charge in [0.1, 0.15) is 12.1 Å². The van der Waals surface area contributed by atoms with Crippen LogP contribution >= 0.6 is 23.2 Å². The van der Waals surface area contributed by atoms with Crippen LogP contribution in [0.2, 0.25) is 10.0 Å². The summed E-state index contributed by atoms with van der Waals surface area (Å²) in [5, 5.41) is 0.877. The third-order valence-corrected chi connectivity index (χ3v) is 3.93. The van der Waals surface area contributed by atoms with Gasteiger partial charge in [-0.1, -0.05) is 35.3 Å². The van der Waals surface area contributed by atoms with Crippen molar-refractivity contribution in [2.45, 2.75) is 6.42 Å². The molecule has 0 aliphatic heterocycles. The van der Waals surface area contributed by atoms with Crippen LogP contribution in [0.4, 0.5) is 0 Å². The summed E-state index contributed by atoms with van der Waals surface area (Å²) in [6, 6.07) is 12.5. The molecule has 1 N–H and O–H groups in total. The number of ether oxygens (including phenoxy) is 1. The molecule has 1 heterocycles. The fourth-order valence-electron chi connectivity index (χ4n) is 2.07. The van der Waals surface area contributed by atoms with Gasteiger partial charge in [-0.3, -0.25) is 10.2 Å². The van der Waals surface area contributed by atoms with Crippen LogP contribution in [0.3, 0.4) is 0 Å². The predicted molar refractivity (Wildman–Crippen MR) is 90.7 cm³/mol. The number of aromatic nitrogens is 2. The summed E-state index contributed by atoms with van der Waals surface area (Å²) in [7, 11) is 0. The maximum absolute atomic E-state index is 12.0. The first-order valence-electron chi connectivity index (χ1n) is 6.93. The van der Waals surface area contributed by atoms with Crippen molar-refractivity contribution >= 4 is 40.1 Å². The van der Waals surface area contributed by atoms with E-state index in [9.17, 15) is 4.79 Å². The van der Waals surface area contributed by atoms with Crippen molar-refractivity contribution in [3.05, 3.63) is 58.8 Å². The molecule has 5 nitrogen and oxygen atoms in total. The number of nitrogens with one attached hydrogen (secondary N) is 1. The number of fused-ring (bicyclic) bond motifs is 1. The van der Waals surface area contributed by atoms with Gasteiger partial charge in [-0.15, -0.1) is 0 Å². The summed E-state index contributed by atoms with van der Waals surface area (Å²) in [6.45, 7) is 0.233. The van der Waals surface area contributed by atoms with Crippen LogP contribution in [0.25, 0.3) is 11.0 Å². The van der Waals surface area contributed by atoms with Crippen molar-refractivity contribution in [1.82, 2.24) is 9.66 Å². The number of halogens is 2. The lowest BCUT2D eigenvalue weighted by molar-refractivity contribution is -0.117. The van der Waals surface area contributed by atoms with E-state index in [1.165, 1.54) is 0 Å². The minimum absolute atomic E-state index is 0.173. The average Bonchev–Trinajstić information content (AvgIpc) is 2.94. The van der Waals surface area contributed by atoms with Crippen molar-refractivity contribution in [2.75, 3.05) is 12.0 Å². The van der Waals surface area contributed by atoms with E-state index in [0.717, 1.165) is 11.0 Å². The molecule has 118 valence electrons. The predicted octanol–water partition coefficient (Wildman–Crippen LogP) is 3.88. The molecule has 0 bridgehead atoms. The zero-order chi connectivity index (χ0) is 16.2. The van der Waals surface area contributed by atoms with Crippen LogP contribution < -0.4 is 10.2 Å². The first kappa shape index (κ1) is 15.6. The number of amides is 1. The van der Waals surface area contributed by atoms with E-state index in [4.69, 9.17) is 27.9 Å². The first-order valence-corrected chi connectivity index (χ1v) is 7.69. The van der Waals surface area contributed by atoms with Crippen molar-refractivity contribution in [2.24, 2.45) is 0 Å². The van der Waals surface area contributed by atoms with E-state index in [1.54, 1.807) is 29.2 Å². The first-order chi connectivity index (χ1) is 11.1. The van der Waals surface area contributed by atoms with Gasteiger partial charge in [-0.05, 0) is 24.3 Å². The van der Waals surface area contributed by atoms with Gasteiger partial charge in [0.2, 0.25) is 5.91 Å². The molecule has 1 amide bonds. The summed E-state index contributed by atoms with van der Waals surface area (Å²) >= 11 is 11.7. The van der Waals surface area contributed by atoms with Gasteiger partial charge in [-0.25, -0.2) is 9.66 Å². The van der Waals surface area contributed by atoms with E-state index in [1.807, 2.05) is 24.3 Å². The molecule has 1 aromatic heterocycles. The number of para-hydroxylation sites is 2. The number of hydrogen-bond acceptors (Lipinski definition) is 3. The smallest absolute Gasteiger partial charge is 0.242 e. The number of carbonyl (C=O) groups is 1. The Morgan fingerprint density at radius 2 is 2.00 bits per heavy atom. The molecule has 7 heteroatoms. The van der Waals surface area contributed by atoms with E-state index in [2.05, 4.69) is 10.4 Å². The van der Waals surface area contributed by atoms with Gasteiger partial charge in [0, 0.05) is 6.07 Å². The summed E-state index contributed by atoms with van der Waals surface area (Å²) in [5.41, 5.74) is 4.42. The zero-order valence-electron chi connectivity index (χ0n) is 12.0. The number of imidazole rings is 1. The molecule has 0 fully saturated rings. The van der Waals surface area contributed by atoms with Crippen molar-refractivity contribution in [1.29, 1.82) is 0 Å². The van der Waals surface area contributed by atoms with Crippen LogP contribution in [0.5, 0.6) is 5.75 Å². The highest BCUT2D eigenvalue weighted by atomic mass is 35.5. The molecule has 0 atom stereocenters. The molecular weight excluding hydrogens is 337 g/mol. The highest BCUT2D eigenvalue weighted by molar-refractivity contribution is 6.42. The topological polar surface area (TPSA) is 56.1 Å². The Kier molecular flexibility index (Phi) is 4.69. The second-order valence-electron chi connectivity index (χ2n) is 4.81. The fraction of sp³-hybridized carbons (Fsp3) is 0.125. The third kappa shape index (κ3) is 3.75. The van der Waals surface area contributed by atoms with Crippen LogP contribution in [-0.2, 0) is 4.79 Å². The van der Waals surface area contributed by atoms with E-state index in [-0.39, 0.29) is 18.9 Å². The molecular formula is C16H13Cl2N3O2. The monoisotopic (exact) mass is 349 g/mol. The maximum atomic E-state index is 12.0. The Labute approximate surface area is 142 Å². The Balaban J connectivity index is 1.54. The number of benzene rings is 2. The standard InChI is InChI=1S/C16H13Cl2N3O2/c17-12-6-5-11(9-13(12)18)23-8-7-16(22)20-21-10-19-14-3-1-2-4-15(14)21/h1-6,9-10H,7-8H2,(H,20,22). The Morgan fingerprint density at radius 1 is 1.17 bits per heavy atom. The second-order valence-corrected chi connectivity index (χ2v) is 5.63. The van der Waals surface area contributed by atoms with Gasteiger partial charge < -0.3 is 4.74 Å². The molecule has 0 saturated carbocycles. The number of rotatable bonds is 5. The summed E-state index contributed by atoms with van der Waals surface area (Å²) in [6.07, 6.45) is 1.77. The normalized spacial score (nSPS) is 10.7. The Hall–Kier alpha value is -2.24.